The van der Waals surface area contributed by atoms with E-state index in [1.165, 1.54) is 50.5 Å². The number of hydrogen-bond donors (Lipinski definition) is 1. The second-order valence-electron chi connectivity index (χ2n) is 7.62. The van der Waals surface area contributed by atoms with Gasteiger partial charge in [-0.15, -0.1) is 0 Å². The molecule has 3 aromatic rings. The summed E-state index contributed by atoms with van der Waals surface area (Å²) in [6, 6.07) is 11.2. The Balaban J connectivity index is 1.65. The molecule has 0 radical (unpaired) electrons. The zero-order valence-electron chi connectivity index (χ0n) is 18.2. The van der Waals surface area contributed by atoms with Crippen LogP contribution < -0.4 is 14.4 Å². The number of fused-ring (bicyclic) bond motifs is 1. The van der Waals surface area contributed by atoms with Gasteiger partial charge in [-0.2, -0.15) is 13.2 Å². The number of carbonyl (C=O) groups is 1. The molecule has 0 fully saturated rings. The van der Waals surface area contributed by atoms with Crippen LogP contribution in [0.5, 0.6) is 11.5 Å². The molecule has 0 aliphatic carbocycles. The summed E-state index contributed by atoms with van der Waals surface area (Å²) < 4.78 is 74.3. The fourth-order valence-electron chi connectivity index (χ4n) is 3.86. The molecule has 0 atom stereocenters. The van der Waals surface area contributed by atoms with Gasteiger partial charge in [-0.3, -0.25) is 14.1 Å². The maximum Gasteiger partial charge on any atom is 0.417 e. The van der Waals surface area contributed by atoms with Crippen molar-refractivity contribution in [2.75, 3.05) is 17.9 Å². The van der Waals surface area contributed by atoms with Crippen LogP contribution in [0.15, 0.2) is 59.6 Å². The normalized spacial score (nSPS) is 13.5. The first kappa shape index (κ1) is 23.6. The molecule has 0 saturated heterocycles. The third-order valence-electron chi connectivity index (χ3n) is 5.42. The van der Waals surface area contributed by atoms with Gasteiger partial charge in [-0.05, 0) is 54.8 Å². The van der Waals surface area contributed by atoms with Crippen LogP contribution in [-0.4, -0.2) is 32.9 Å². The number of aryl methyl sites for hydroxylation is 1. The molecule has 11 heteroatoms. The van der Waals surface area contributed by atoms with Gasteiger partial charge >= 0.3 is 6.18 Å². The minimum Gasteiger partial charge on any atom is -0.457 e. The van der Waals surface area contributed by atoms with Crippen molar-refractivity contribution in [1.29, 1.82) is 0 Å². The average molecular weight is 491 g/mol. The molecule has 0 unspecified atom stereocenters. The number of aromatic nitrogens is 1. The number of nitrogens with zero attached hydrogens (tertiary/aromatic N) is 2. The number of hydrogen-bond acceptors (Lipinski definition) is 5. The maximum atomic E-state index is 13.7. The fraction of sp³-hybridized carbons (Fsp3) is 0.217. The van der Waals surface area contributed by atoms with Gasteiger partial charge in [0, 0.05) is 25.9 Å². The number of benzene rings is 2. The van der Waals surface area contributed by atoms with Gasteiger partial charge in [0.05, 0.1) is 16.1 Å². The van der Waals surface area contributed by atoms with E-state index in [1.807, 2.05) is 0 Å². The topological polar surface area (TPSA) is 88.6 Å². The highest BCUT2D eigenvalue weighted by atomic mass is 32.2. The van der Waals surface area contributed by atoms with Crippen molar-refractivity contribution in [3.05, 3.63) is 77.1 Å². The molecule has 1 N–H and O–H groups in total. The zero-order chi connectivity index (χ0) is 24.7. The Morgan fingerprint density at radius 1 is 1.12 bits per heavy atom. The standard InChI is InChI=1S/C23H20F3N3O4S/c1-14-4-3-5-20(21(14)23(24,25)26)34(31,32)29-11-9-15-12-16(6-7-19(15)29)33-17-8-10-28-18(13-17)22(30)27-2/h3-8,10,12-13H,9,11H2,1-2H3,(H,27,30). The van der Waals surface area contributed by atoms with Crippen molar-refractivity contribution in [2.24, 2.45) is 0 Å². The minimum atomic E-state index is -4.81. The van der Waals surface area contributed by atoms with Crippen LogP contribution in [0.2, 0.25) is 0 Å². The SMILES string of the molecule is CNC(=O)c1cc(Oc2ccc3c(c2)CCN3S(=O)(=O)c2cccc(C)c2C(F)(F)F)ccn1. The average Bonchev–Trinajstić information content (AvgIpc) is 3.22. The summed E-state index contributed by atoms with van der Waals surface area (Å²) in [6.07, 6.45) is -3.09. The Kier molecular flexibility index (Phi) is 5.98. The van der Waals surface area contributed by atoms with Gasteiger partial charge < -0.3 is 10.1 Å². The van der Waals surface area contributed by atoms with Gasteiger partial charge in [0.2, 0.25) is 0 Å². The Bertz CT molecular complexity index is 1370. The fourth-order valence-corrected chi connectivity index (χ4v) is 5.65. The van der Waals surface area contributed by atoms with E-state index < -0.39 is 26.7 Å². The lowest BCUT2D eigenvalue weighted by molar-refractivity contribution is -0.140. The van der Waals surface area contributed by atoms with Crippen molar-refractivity contribution in [3.63, 3.8) is 0 Å². The first-order valence-electron chi connectivity index (χ1n) is 10.2. The summed E-state index contributed by atoms with van der Waals surface area (Å²) in [4.78, 5) is 15.0. The number of sulfonamides is 1. The van der Waals surface area contributed by atoms with E-state index in [0.717, 1.165) is 10.4 Å². The van der Waals surface area contributed by atoms with E-state index >= 15 is 0 Å². The number of rotatable bonds is 5. The Hall–Kier alpha value is -3.60. The number of carbonyl (C=O) groups excluding carboxylic acids is 1. The lowest BCUT2D eigenvalue weighted by atomic mass is 10.1. The van der Waals surface area contributed by atoms with Crippen molar-refractivity contribution in [1.82, 2.24) is 10.3 Å². The number of anilines is 1. The first-order valence-corrected chi connectivity index (χ1v) is 11.6. The Labute approximate surface area is 194 Å². The van der Waals surface area contributed by atoms with Crippen LogP contribution in [0.3, 0.4) is 0 Å². The maximum absolute atomic E-state index is 13.7. The molecule has 7 nitrogen and oxygen atoms in total. The molecule has 1 amide bonds. The summed E-state index contributed by atoms with van der Waals surface area (Å²) in [5.74, 6) is 0.360. The van der Waals surface area contributed by atoms with Gasteiger partial charge in [-0.25, -0.2) is 8.42 Å². The summed E-state index contributed by atoms with van der Waals surface area (Å²) >= 11 is 0. The third kappa shape index (κ3) is 4.30. The first-order chi connectivity index (χ1) is 16.0. The smallest absolute Gasteiger partial charge is 0.417 e. The molecule has 2 heterocycles. The number of pyridine rings is 1. The van der Waals surface area contributed by atoms with Crippen molar-refractivity contribution >= 4 is 21.6 Å². The van der Waals surface area contributed by atoms with Crippen molar-refractivity contribution < 1.29 is 31.1 Å². The van der Waals surface area contributed by atoms with Crippen LogP contribution in [0, 0.1) is 6.92 Å². The number of amides is 1. The number of ether oxygens (including phenoxy) is 1. The van der Waals surface area contributed by atoms with Gasteiger partial charge in [0.1, 0.15) is 17.2 Å². The predicted octanol–water partition coefficient (Wildman–Crippen LogP) is 4.31. The highest BCUT2D eigenvalue weighted by molar-refractivity contribution is 7.93. The summed E-state index contributed by atoms with van der Waals surface area (Å²) in [7, 11) is -2.98. The van der Waals surface area contributed by atoms with E-state index in [2.05, 4.69) is 10.3 Å². The molecular weight excluding hydrogens is 471 g/mol. The van der Waals surface area contributed by atoms with E-state index in [-0.39, 0.29) is 23.7 Å². The predicted molar refractivity (Wildman–Crippen MR) is 119 cm³/mol. The minimum absolute atomic E-state index is 0.00242. The second-order valence-corrected chi connectivity index (χ2v) is 9.45. The quantitative estimate of drug-likeness (QED) is 0.575. The molecule has 2 aromatic carbocycles. The molecule has 0 saturated carbocycles. The number of halogens is 3. The highest BCUT2D eigenvalue weighted by Gasteiger charge is 2.41. The molecular formula is C23H20F3N3O4S. The lowest BCUT2D eigenvalue weighted by Gasteiger charge is -2.23. The van der Waals surface area contributed by atoms with E-state index in [1.54, 1.807) is 12.1 Å². The van der Waals surface area contributed by atoms with Gasteiger partial charge in [0.15, 0.2) is 0 Å². The van der Waals surface area contributed by atoms with Crippen LogP contribution in [0.1, 0.15) is 27.2 Å². The monoisotopic (exact) mass is 491 g/mol. The van der Waals surface area contributed by atoms with Crippen LogP contribution >= 0.6 is 0 Å². The summed E-state index contributed by atoms with van der Waals surface area (Å²) in [6.45, 7) is 1.24. The number of nitrogens with one attached hydrogen (secondary N) is 1. The van der Waals surface area contributed by atoms with Crippen LogP contribution in [0.4, 0.5) is 18.9 Å². The number of alkyl halides is 3. The van der Waals surface area contributed by atoms with Crippen LogP contribution in [-0.2, 0) is 22.6 Å². The van der Waals surface area contributed by atoms with Crippen molar-refractivity contribution in [2.45, 2.75) is 24.4 Å². The zero-order valence-corrected chi connectivity index (χ0v) is 19.0. The lowest BCUT2D eigenvalue weighted by Crippen LogP contribution is -2.31. The Morgan fingerprint density at radius 2 is 1.85 bits per heavy atom. The summed E-state index contributed by atoms with van der Waals surface area (Å²) in [5, 5.41) is 2.47. The van der Waals surface area contributed by atoms with E-state index in [9.17, 15) is 26.4 Å². The van der Waals surface area contributed by atoms with Crippen molar-refractivity contribution in [3.8, 4) is 11.5 Å². The third-order valence-corrected chi connectivity index (χ3v) is 7.27. The highest BCUT2D eigenvalue weighted by Crippen LogP contribution is 2.41. The summed E-state index contributed by atoms with van der Waals surface area (Å²) in [5.41, 5.74) is -0.249. The molecule has 34 heavy (non-hydrogen) atoms. The molecule has 4 rings (SSSR count). The van der Waals surface area contributed by atoms with E-state index in [0.29, 0.717) is 29.2 Å². The van der Waals surface area contributed by atoms with Gasteiger partial charge in [0.25, 0.3) is 15.9 Å². The van der Waals surface area contributed by atoms with E-state index in [4.69, 9.17) is 4.74 Å². The second kappa shape index (κ2) is 8.64. The van der Waals surface area contributed by atoms with Crippen LogP contribution in [0.25, 0.3) is 0 Å². The molecule has 178 valence electrons. The largest absolute Gasteiger partial charge is 0.457 e. The molecule has 0 bridgehead atoms. The van der Waals surface area contributed by atoms with Gasteiger partial charge in [-0.1, -0.05) is 12.1 Å². The molecule has 0 spiro atoms. The molecule has 1 aromatic heterocycles. The Morgan fingerprint density at radius 3 is 2.56 bits per heavy atom. The molecule has 1 aliphatic heterocycles. The molecule has 1 aliphatic rings.